The van der Waals surface area contributed by atoms with Crippen molar-refractivity contribution in [2.24, 2.45) is 50.7 Å². The lowest BCUT2D eigenvalue weighted by molar-refractivity contribution is -0.259. The number of aliphatic hydroxyl groups excluding tert-OH is 1. The van der Waals surface area contributed by atoms with Crippen molar-refractivity contribution in [2.75, 3.05) is 0 Å². The fraction of sp³-hybridized carbons (Fsp3) is 0.853. The van der Waals surface area contributed by atoms with Crippen LogP contribution in [0.4, 0.5) is 0 Å². The Hall–Kier alpha value is -1.93. The molecule has 8 nitrogen and oxygen atoms in total. The molecule has 3 N–H and O–H groups in total. The second-order valence-corrected chi connectivity index (χ2v) is 16.0. The highest BCUT2D eigenvalue weighted by Gasteiger charge is 2.88. The summed E-state index contributed by atoms with van der Waals surface area (Å²) in [5.41, 5.74) is -3.32. The first kappa shape index (κ1) is 31.5. The molecule has 0 heterocycles. The Labute approximate surface area is 250 Å². The molecule has 12 unspecified atom stereocenters. The number of rotatable bonds is 7. The zero-order valence-electron chi connectivity index (χ0n) is 26.7. The Morgan fingerprint density at radius 2 is 1.48 bits per heavy atom. The van der Waals surface area contributed by atoms with Crippen molar-refractivity contribution in [3.63, 3.8) is 0 Å². The number of allylic oxidation sites excluding steroid dienone is 1. The van der Waals surface area contributed by atoms with E-state index in [0.29, 0.717) is 24.7 Å². The number of fused-ring (bicyclic) bond motifs is 2. The minimum Gasteiger partial charge on any atom is -0.481 e. The predicted molar refractivity (Wildman–Crippen MR) is 156 cm³/mol. The highest BCUT2D eigenvalue weighted by Crippen LogP contribution is 2.89. The third kappa shape index (κ3) is 4.17. The molecule has 0 aromatic carbocycles. The van der Waals surface area contributed by atoms with Crippen molar-refractivity contribution in [1.29, 1.82) is 0 Å². The first-order chi connectivity index (χ1) is 19.3. The van der Waals surface area contributed by atoms with Gasteiger partial charge in [-0.2, -0.15) is 0 Å². The summed E-state index contributed by atoms with van der Waals surface area (Å²) >= 11 is 0. The summed E-state index contributed by atoms with van der Waals surface area (Å²) < 4.78 is 12.3. The summed E-state index contributed by atoms with van der Waals surface area (Å²) in [6, 6.07) is 0. The Kier molecular flexibility index (Phi) is 7.34. The van der Waals surface area contributed by atoms with Gasteiger partial charge in [-0.1, -0.05) is 32.9 Å². The molecule has 5 aliphatic carbocycles. The van der Waals surface area contributed by atoms with E-state index in [1.165, 1.54) is 13.8 Å². The van der Waals surface area contributed by atoms with Crippen molar-refractivity contribution in [3.8, 4) is 0 Å². The summed E-state index contributed by atoms with van der Waals surface area (Å²) in [6.45, 7) is 14.9. The lowest BCUT2D eigenvalue weighted by atomic mass is 9.40. The van der Waals surface area contributed by atoms with Gasteiger partial charge in [0.05, 0.1) is 17.1 Å². The highest BCUT2D eigenvalue weighted by molar-refractivity contribution is 5.77. The minimum absolute atomic E-state index is 0.0645. The predicted octanol–water partition coefficient (Wildman–Crippen LogP) is 5.29. The van der Waals surface area contributed by atoms with E-state index in [0.717, 1.165) is 38.5 Å². The summed E-state index contributed by atoms with van der Waals surface area (Å²) in [6.07, 6.45) is 7.74. The third-order valence-corrected chi connectivity index (χ3v) is 13.5. The van der Waals surface area contributed by atoms with Crippen LogP contribution in [0.2, 0.25) is 0 Å². The number of ether oxygens (including phenoxy) is 2. The van der Waals surface area contributed by atoms with Crippen LogP contribution in [0.25, 0.3) is 0 Å². The molecule has 0 saturated heterocycles. The quantitative estimate of drug-likeness (QED) is 0.270. The Balaban J connectivity index is 1.61. The van der Waals surface area contributed by atoms with Crippen molar-refractivity contribution < 1.29 is 39.2 Å². The van der Waals surface area contributed by atoms with E-state index in [1.807, 2.05) is 6.08 Å². The van der Waals surface area contributed by atoms with E-state index in [-0.39, 0.29) is 22.2 Å². The van der Waals surface area contributed by atoms with Gasteiger partial charge in [-0.05, 0) is 106 Å². The normalized spacial score (nSPS) is 48.3. The molecule has 0 aromatic rings. The lowest BCUT2D eigenvalue weighted by Crippen LogP contribution is -2.69. The molecule has 2 spiro atoms. The largest absolute Gasteiger partial charge is 0.481 e. The second kappa shape index (κ2) is 9.79. The molecule has 0 radical (unpaired) electrons. The Morgan fingerprint density at radius 1 is 0.905 bits per heavy atom. The van der Waals surface area contributed by atoms with Crippen LogP contribution >= 0.6 is 0 Å². The number of aliphatic carboxylic acids is 1. The van der Waals surface area contributed by atoms with E-state index in [2.05, 4.69) is 26.8 Å². The van der Waals surface area contributed by atoms with E-state index < -0.39 is 58.6 Å². The molecule has 236 valence electrons. The molecule has 5 fully saturated rings. The molecule has 0 aromatic heterocycles. The summed E-state index contributed by atoms with van der Waals surface area (Å²) in [4.78, 5) is 38.3. The molecule has 5 rings (SSSR count). The highest BCUT2D eigenvalue weighted by atomic mass is 16.6. The maximum atomic E-state index is 13.0. The number of esters is 2. The van der Waals surface area contributed by atoms with Crippen molar-refractivity contribution >= 4 is 17.9 Å². The van der Waals surface area contributed by atoms with Crippen molar-refractivity contribution in [3.05, 3.63) is 12.2 Å². The Morgan fingerprint density at radius 3 is 2.02 bits per heavy atom. The zero-order valence-corrected chi connectivity index (χ0v) is 26.7. The maximum absolute atomic E-state index is 13.0. The summed E-state index contributed by atoms with van der Waals surface area (Å²) in [5, 5.41) is 32.0. The molecular formula is C34H52O8. The van der Waals surface area contributed by atoms with Crippen molar-refractivity contribution in [1.82, 2.24) is 0 Å². The molecule has 0 bridgehead atoms. The van der Waals surface area contributed by atoms with Gasteiger partial charge in [-0.25, -0.2) is 0 Å². The van der Waals surface area contributed by atoms with Crippen LogP contribution in [-0.4, -0.2) is 57.1 Å². The lowest BCUT2D eigenvalue weighted by Gasteiger charge is -2.65. The van der Waals surface area contributed by atoms with Gasteiger partial charge in [0.25, 0.3) is 0 Å². The zero-order chi connectivity index (χ0) is 31.3. The van der Waals surface area contributed by atoms with Gasteiger partial charge >= 0.3 is 17.9 Å². The fourth-order valence-electron chi connectivity index (χ4n) is 11.7. The molecule has 5 aliphatic rings. The van der Waals surface area contributed by atoms with Crippen LogP contribution in [0.5, 0.6) is 0 Å². The molecule has 0 amide bonds. The van der Waals surface area contributed by atoms with E-state index in [1.54, 1.807) is 20.8 Å². The molecule has 42 heavy (non-hydrogen) atoms. The summed E-state index contributed by atoms with van der Waals surface area (Å²) in [5.74, 6) is -2.05. The van der Waals surface area contributed by atoms with Crippen LogP contribution in [0.15, 0.2) is 12.2 Å². The van der Waals surface area contributed by atoms with Crippen LogP contribution in [0.1, 0.15) is 107 Å². The van der Waals surface area contributed by atoms with Gasteiger partial charge in [-0.3, -0.25) is 14.4 Å². The van der Waals surface area contributed by atoms with E-state index in [4.69, 9.17) is 9.47 Å². The monoisotopic (exact) mass is 588 g/mol. The molecule has 12 atom stereocenters. The van der Waals surface area contributed by atoms with Crippen LogP contribution in [0.3, 0.4) is 0 Å². The SMILES string of the molecule is CC(=O)OC1C(OC(C)=O)C2C3(C)CCC(C(C)CC=CC(C)(C)O)C3(C)CCC23CC32CCC(O)C(C)(C(=O)O)C12. The maximum Gasteiger partial charge on any atom is 0.312 e. The fourth-order valence-corrected chi connectivity index (χ4v) is 11.7. The summed E-state index contributed by atoms with van der Waals surface area (Å²) in [7, 11) is 0. The number of aliphatic hydroxyl groups is 2. The van der Waals surface area contributed by atoms with Gasteiger partial charge in [0, 0.05) is 25.7 Å². The smallest absolute Gasteiger partial charge is 0.312 e. The third-order valence-electron chi connectivity index (χ3n) is 13.5. The first-order valence-corrected chi connectivity index (χ1v) is 16.0. The van der Waals surface area contributed by atoms with Crippen LogP contribution in [0, 0.1) is 50.7 Å². The van der Waals surface area contributed by atoms with Crippen LogP contribution < -0.4 is 0 Å². The van der Waals surface area contributed by atoms with Gasteiger partial charge < -0.3 is 24.8 Å². The van der Waals surface area contributed by atoms with E-state index >= 15 is 0 Å². The Bertz CT molecular complexity index is 1170. The number of carboxylic acids is 1. The number of carbonyl (C=O) groups excluding carboxylic acids is 2. The van der Waals surface area contributed by atoms with Gasteiger partial charge in [0.1, 0.15) is 12.2 Å². The first-order valence-electron chi connectivity index (χ1n) is 16.0. The molecular weight excluding hydrogens is 536 g/mol. The van der Waals surface area contributed by atoms with Crippen molar-refractivity contribution in [2.45, 2.75) is 131 Å². The molecule has 0 aliphatic heterocycles. The number of carboxylic acid groups (broad SMARTS) is 1. The number of hydrogen-bond acceptors (Lipinski definition) is 7. The second-order valence-electron chi connectivity index (χ2n) is 16.0. The number of carbonyl (C=O) groups is 3. The van der Waals surface area contributed by atoms with Gasteiger partial charge in [0.15, 0.2) is 0 Å². The number of hydrogen-bond donors (Lipinski definition) is 3. The average molecular weight is 589 g/mol. The molecule has 8 heteroatoms. The average Bonchev–Trinajstić information content (AvgIpc) is 3.40. The van der Waals surface area contributed by atoms with Gasteiger partial charge in [-0.15, -0.1) is 0 Å². The topological polar surface area (TPSA) is 130 Å². The molecule has 5 saturated carbocycles. The minimum atomic E-state index is -1.54. The standard InChI is InChI=1S/C34H52O8/c1-19(10-9-13-29(4,5)40)22-11-14-31(7)26-24(41-20(2)35)25(42-21(3)36)27-32(8,28(38)39)23(37)12-15-33(27)18-34(26,33)17-16-30(22,31)6/h9,13,19,22-27,37,40H,10-12,14-18H2,1-8H3,(H,38,39). The van der Waals surface area contributed by atoms with Gasteiger partial charge in [0.2, 0.25) is 0 Å². The van der Waals surface area contributed by atoms with E-state index in [9.17, 15) is 29.7 Å². The van der Waals surface area contributed by atoms with Crippen LogP contribution in [-0.2, 0) is 23.9 Å².